The molecule has 0 saturated heterocycles. The summed E-state index contributed by atoms with van der Waals surface area (Å²) >= 11 is 16.8. The normalized spacial score (nSPS) is 11.7. The average molecular weight is 499 g/mol. The van der Waals surface area contributed by atoms with Gasteiger partial charge in [-0.3, -0.25) is 0 Å². The second-order valence-corrected chi connectivity index (χ2v) is 7.38. The summed E-state index contributed by atoms with van der Waals surface area (Å²) in [5.41, 5.74) is 1.31. The summed E-state index contributed by atoms with van der Waals surface area (Å²) < 4.78 is 15.2. The van der Waals surface area contributed by atoms with E-state index in [2.05, 4.69) is 47.8 Å². The molecule has 0 bridgehead atoms. The molecule has 0 spiro atoms. The van der Waals surface area contributed by atoms with Crippen LogP contribution in [0.5, 0.6) is 0 Å². The van der Waals surface area contributed by atoms with Gasteiger partial charge in [0, 0.05) is 25.6 Å². The van der Waals surface area contributed by atoms with E-state index in [-0.39, 0.29) is 11.2 Å². The fourth-order valence-electron chi connectivity index (χ4n) is 2.29. The highest BCUT2D eigenvalue weighted by atomic mass is 79.9. The Labute approximate surface area is 154 Å². The van der Waals surface area contributed by atoms with Crippen LogP contribution in [0.25, 0.3) is 0 Å². The molecular weight excluding hydrogens is 486 g/mol. The molecular formula is C16H13Br3ClF. The summed E-state index contributed by atoms with van der Waals surface area (Å²) in [7, 11) is 0. The average Bonchev–Trinajstić information content (AvgIpc) is 2.48. The van der Waals surface area contributed by atoms with Gasteiger partial charge in [-0.05, 0) is 35.7 Å². The van der Waals surface area contributed by atoms with Crippen LogP contribution < -0.4 is 0 Å². The molecule has 0 aliphatic rings. The van der Waals surface area contributed by atoms with Crippen LogP contribution in [0.2, 0.25) is 5.02 Å². The predicted molar refractivity (Wildman–Crippen MR) is 98.5 cm³/mol. The highest BCUT2D eigenvalue weighted by Gasteiger charge is 2.33. The molecule has 0 aromatic heterocycles. The van der Waals surface area contributed by atoms with Crippen LogP contribution >= 0.6 is 59.4 Å². The standard InChI is InChI=1S/C16H13Br3ClF/c17-9-16(10-18,13-3-1-2-4-15(13)21)8-11-5-6-12(19)7-14(11)20/h1-7H,8-10H2. The summed E-state index contributed by atoms with van der Waals surface area (Å²) in [5.74, 6) is -0.190. The molecule has 0 fully saturated rings. The zero-order chi connectivity index (χ0) is 15.5. The molecule has 0 N–H and O–H groups in total. The molecule has 0 unspecified atom stereocenters. The summed E-state index contributed by atoms with van der Waals surface area (Å²) in [4.78, 5) is 0. The maximum atomic E-state index is 14.2. The topological polar surface area (TPSA) is 0 Å². The second-order valence-electron chi connectivity index (χ2n) is 4.94. The van der Waals surface area contributed by atoms with Crippen molar-refractivity contribution in [3.05, 3.63) is 68.9 Å². The van der Waals surface area contributed by atoms with Crippen molar-refractivity contribution in [2.75, 3.05) is 10.7 Å². The Bertz CT molecular complexity index is 627. The Balaban J connectivity index is 2.46. The highest BCUT2D eigenvalue weighted by molar-refractivity contribution is 9.10. The zero-order valence-electron chi connectivity index (χ0n) is 11.1. The first-order valence-electron chi connectivity index (χ1n) is 6.33. The van der Waals surface area contributed by atoms with E-state index in [0.29, 0.717) is 27.7 Å². The van der Waals surface area contributed by atoms with Crippen LogP contribution in [-0.2, 0) is 11.8 Å². The van der Waals surface area contributed by atoms with Crippen molar-refractivity contribution in [2.24, 2.45) is 0 Å². The molecule has 0 aliphatic heterocycles. The summed E-state index contributed by atoms with van der Waals surface area (Å²) in [5, 5.41) is 1.96. The molecule has 0 heterocycles. The van der Waals surface area contributed by atoms with E-state index in [1.54, 1.807) is 6.07 Å². The van der Waals surface area contributed by atoms with Crippen molar-refractivity contribution in [3.8, 4) is 0 Å². The highest BCUT2D eigenvalue weighted by Crippen LogP contribution is 2.36. The van der Waals surface area contributed by atoms with Crippen LogP contribution in [0.15, 0.2) is 46.9 Å². The number of benzene rings is 2. The molecule has 0 nitrogen and oxygen atoms in total. The Hall–Kier alpha value is 0.1000. The minimum Gasteiger partial charge on any atom is -0.207 e. The third-order valence-electron chi connectivity index (χ3n) is 3.50. The first-order valence-corrected chi connectivity index (χ1v) is 9.74. The van der Waals surface area contributed by atoms with Crippen molar-refractivity contribution in [1.82, 2.24) is 0 Å². The number of rotatable bonds is 5. The first kappa shape index (κ1) is 17.5. The van der Waals surface area contributed by atoms with E-state index < -0.39 is 0 Å². The van der Waals surface area contributed by atoms with Crippen molar-refractivity contribution >= 4 is 59.4 Å². The lowest BCUT2D eigenvalue weighted by molar-refractivity contribution is 0.501. The van der Waals surface area contributed by atoms with Gasteiger partial charge in [-0.25, -0.2) is 4.39 Å². The van der Waals surface area contributed by atoms with Crippen molar-refractivity contribution in [1.29, 1.82) is 0 Å². The fraction of sp³-hybridized carbons (Fsp3) is 0.250. The van der Waals surface area contributed by atoms with Crippen molar-refractivity contribution in [3.63, 3.8) is 0 Å². The predicted octanol–water partition coefficient (Wildman–Crippen LogP) is 6.51. The number of halogens is 5. The minimum atomic E-state index is -0.386. The van der Waals surface area contributed by atoms with Crippen LogP contribution in [0, 0.1) is 5.82 Å². The van der Waals surface area contributed by atoms with Gasteiger partial charge in [0.25, 0.3) is 0 Å². The van der Waals surface area contributed by atoms with Crippen LogP contribution in [0.1, 0.15) is 11.1 Å². The van der Waals surface area contributed by atoms with Gasteiger partial charge in [0.1, 0.15) is 5.82 Å². The van der Waals surface area contributed by atoms with E-state index in [1.807, 2.05) is 30.3 Å². The molecule has 21 heavy (non-hydrogen) atoms. The van der Waals surface area contributed by atoms with E-state index >= 15 is 0 Å². The molecule has 2 aromatic rings. The van der Waals surface area contributed by atoms with Gasteiger partial charge >= 0.3 is 0 Å². The van der Waals surface area contributed by atoms with Crippen LogP contribution in [-0.4, -0.2) is 10.7 Å². The molecule has 112 valence electrons. The van der Waals surface area contributed by atoms with Gasteiger partial charge in [0.05, 0.1) is 0 Å². The SMILES string of the molecule is Fc1ccccc1C(CBr)(CBr)Cc1ccc(Br)cc1Cl. The van der Waals surface area contributed by atoms with Crippen molar-refractivity contribution < 1.29 is 4.39 Å². The summed E-state index contributed by atoms with van der Waals surface area (Å²) in [6, 6.07) is 12.7. The minimum absolute atomic E-state index is 0.190. The molecule has 2 aromatic carbocycles. The third kappa shape index (κ3) is 3.90. The third-order valence-corrected chi connectivity index (χ3v) is 6.49. The van der Waals surface area contributed by atoms with Crippen LogP contribution in [0.4, 0.5) is 4.39 Å². The fourth-order valence-corrected chi connectivity index (χ4v) is 4.96. The smallest absolute Gasteiger partial charge is 0.127 e. The Kier molecular flexibility index (Phi) is 6.30. The van der Waals surface area contributed by atoms with E-state index in [9.17, 15) is 4.39 Å². The Morgan fingerprint density at radius 1 is 1.05 bits per heavy atom. The maximum Gasteiger partial charge on any atom is 0.127 e. The number of hydrogen-bond donors (Lipinski definition) is 0. The van der Waals surface area contributed by atoms with Gasteiger partial charge in [-0.1, -0.05) is 83.7 Å². The van der Waals surface area contributed by atoms with E-state index in [1.165, 1.54) is 6.07 Å². The number of hydrogen-bond acceptors (Lipinski definition) is 0. The monoisotopic (exact) mass is 496 g/mol. The lowest BCUT2D eigenvalue weighted by atomic mass is 9.79. The maximum absolute atomic E-state index is 14.2. The molecule has 0 atom stereocenters. The van der Waals surface area contributed by atoms with Gasteiger partial charge < -0.3 is 0 Å². The molecule has 0 radical (unpaired) electrons. The largest absolute Gasteiger partial charge is 0.207 e. The first-order chi connectivity index (χ1) is 10.0. The molecule has 5 heteroatoms. The molecule has 2 rings (SSSR count). The van der Waals surface area contributed by atoms with Crippen LogP contribution in [0.3, 0.4) is 0 Å². The Morgan fingerprint density at radius 2 is 1.71 bits per heavy atom. The number of alkyl halides is 2. The zero-order valence-corrected chi connectivity index (χ0v) is 16.6. The van der Waals surface area contributed by atoms with Gasteiger partial charge in [0.2, 0.25) is 0 Å². The van der Waals surface area contributed by atoms with E-state index in [0.717, 1.165) is 10.0 Å². The second kappa shape index (κ2) is 7.58. The van der Waals surface area contributed by atoms with Gasteiger partial charge in [-0.15, -0.1) is 0 Å². The molecule has 0 aliphatic carbocycles. The van der Waals surface area contributed by atoms with Gasteiger partial charge in [0.15, 0.2) is 0 Å². The molecule has 0 saturated carbocycles. The van der Waals surface area contributed by atoms with Gasteiger partial charge in [-0.2, -0.15) is 0 Å². The quantitative estimate of drug-likeness (QED) is 0.412. The summed E-state index contributed by atoms with van der Waals surface area (Å²) in [6.45, 7) is 0. The Morgan fingerprint density at radius 3 is 2.29 bits per heavy atom. The van der Waals surface area contributed by atoms with E-state index in [4.69, 9.17) is 11.6 Å². The summed E-state index contributed by atoms with van der Waals surface area (Å²) in [6.07, 6.45) is 0.649. The lowest BCUT2D eigenvalue weighted by Crippen LogP contribution is -2.34. The van der Waals surface area contributed by atoms with Crippen molar-refractivity contribution in [2.45, 2.75) is 11.8 Å². The lowest BCUT2D eigenvalue weighted by Gasteiger charge is -2.31. The molecule has 0 amide bonds.